The third-order valence-corrected chi connectivity index (χ3v) is 2.79. The molecule has 0 amide bonds. The van der Waals surface area contributed by atoms with Crippen LogP contribution in [0, 0.1) is 13.8 Å². The summed E-state index contributed by atoms with van der Waals surface area (Å²) in [6, 6.07) is 2.91. The van der Waals surface area contributed by atoms with E-state index in [9.17, 15) is 0 Å². The molecule has 1 aromatic rings. The van der Waals surface area contributed by atoms with Gasteiger partial charge in [0.2, 0.25) is 0 Å². The van der Waals surface area contributed by atoms with Gasteiger partial charge < -0.3 is 10.1 Å². The fraction of sp³-hybridized carbons (Fsp3) is 0.667. The first-order valence-corrected chi connectivity index (χ1v) is 5.92. The van der Waals surface area contributed by atoms with Crippen molar-refractivity contribution < 1.29 is 4.74 Å². The summed E-state index contributed by atoms with van der Waals surface area (Å²) in [5.41, 5.74) is 1.92. The Morgan fingerprint density at radius 3 is 2.59 bits per heavy atom. The molecule has 0 saturated carbocycles. The molecule has 1 aliphatic heterocycles. The lowest BCUT2D eigenvalue weighted by Crippen LogP contribution is -2.38. The lowest BCUT2D eigenvalue weighted by molar-refractivity contribution is 0.223. The number of nitrogens with one attached hydrogen (secondary N) is 1. The summed E-state index contributed by atoms with van der Waals surface area (Å²) in [7, 11) is 0. The summed E-state index contributed by atoms with van der Waals surface area (Å²) in [6.07, 6.45) is 3.75. The second-order valence-corrected chi connectivity index (χ2v) is 4.39. The van der Waals surface area contributed by atoms with Crippen molar-refractivity contribution in [1.82, 2.24) is 15.3 Å². The van der Waals surface area contributed by atoms with Crippen molar-refractivity contribution in [2.75, 3.05) is 13.2 Å². The average molecular weight is 258 g/mol. The number of aryl methyl sites for hydroxylation is 2. The second kappa shape index (κ2) is 6.77. The van der Waals surface area contributed by atoms with E-state index in [-0.39, 0.29) is 12.4 Å². The Morgan fingerprint density at radius 2 is 2.00 bits per heavy atom. The largest absolute Gasteiger partial charge is 0.462 e. The van der Waals surface area contributed by atoms with E-state index in [0.29, 0.717) is 18.7 Å². The van der Waals surface area contributed by atoms with E-state index < -0.39 is 0 Å². The van der Waals surface area contributed by atoms with E-state index >= 15 is 0 Å². The maximum atomic E-state index is 5.62. The molecule has 1 aliphatic rings. The third kappa shape index (κ3) is 4.48. The highest BCUT2D eigenvalue weighted by molar-refractivity contribution is 5.85. The molecular weight excluding hydrogens is 238 g/mol. The Morgan fingerprint density at radius 1 is 1.29 bits per heavy atom. The highest BCUT2D eigenvalue weighted by Crippen LogP contribution is 2.10. The maximum Gasteiger partial charge on any atom is 0.316 e. The number of hydrogen-bond acceptors (Lipinski definition) is 4. The summed E-state index contributed by atoms with van der Waals surface area (Å²) in [4.78, 5) is 8.51. The van der Waals surface area contributed by atoms with Crippen LogP contribution in [0.2, 0.25) is 0 Å². The van der Waals surface area contributed by atoms with Crippen molar-refractivity contribution >= 4 is 12.4 Å². The van der Waals surface area contributed by atoms with Crippen LogP contribution in [0.4, 0.5) is 0 Å². The molecule has 0 radical (unpaired) electrons. The Hall–Kier alpha value is -0.870. The van der Waals surface area contributed by atoms with Crippen LogP contribution in [0.3, 0.4) is 0 Å². The van der Waals surface area contributed by atoms with E-state index in [1.54, 1.807) is 0 Å². The molecule has 1 saturated heterocycles. The van der Waals surface area contributed by atoms with Crippen LogP contribution in [0.15, 0.2) is 6.07 Å². The molecule has 0 aromatic carbocycles. The molecule has 1 atom stereocenters. The topological polar surface area (TPSA) is 47.0 Å². The van der Waals surface area contributed by atoms with Gasteiger partial charge in [-0.2, -0.15) is 0 Å². The first-order valence-electron chi connectivity index (χ1n) is 5.92. The van der Waals surface area contributed by atoms with Crippen LogP contribution in [-0.2, 0) is 0 Å². The van der Waals surface area contributed by atoms with Crippen molar-refractivity contribution in [3.8, 4) is 6.01 Å². The molecule has 17 heavy (non-hydrogen) atoms. The van der Waals surface area contributed by atoms with Gasteiger partial charge in [-0.1, -0.05) is 6.42 Å². The summed E-state index contributed by atoms with van der Waals surface area (Å²) >= 11 is 0. The molecule has 1 aromatic heterocycles. The summed E-state index contributed by atoms with van der Waals surface area (Å²) in [5, 5.41) is 3.44. The number of ether oxygens (including phenoxy) is 1. The van der Waals surface area contributed by atoms with Crippen LogP contribution < -0.4 is 10.1 Å². The zero-order chi connectivity index (χ0) is 11.4. The SMILES string of the molecule is Cc1cc(C)nc(OCC2CCCCN2)n1.Cl. The molecule has 1 N–H and O–H groups in total. The molecule has 4 nitrogen and oxygen atoms in total. The third-order valence-electron chi connectivity index (χ3n) is 2.79. The Bertz CT molecular complexity index is 333. The zero-order valence-corrected chi connectivity index (χ0v) is 11.2. The van der Waals surface area contributed by atoms with Crippen molar-refractivity contribution in [2.24, 2.45) is 0 Å². The smallest absolute Gasteiger partial charge is 0.316 e. The average Bonchev–Trinajstić information content (AvgIpc) is 2.27. The van der Waals surface area contributed by atoms with Gasteiger partial charge in [-0.05, 0) is 39.3 Å². The van der Waals surface area contributed by atoms with Gasteiger partial charge in [0.15, 0.2) is 0 Å². The first kappa shape index (κ1) is 14.2. The fourth-order valence-electron chi connectivity index (χ4n) is 2.00. The van der Waals surface area contributed by atoms with Crippen LogP contribution in [0.25, 0.3) is 0 Å². The minimum absolute atomic E-state index is 0. The van der Waals surface area contributed by atoms with Gasteiger partial charge >= 0.3 is 6.01 Å². The standard InChI is InChI=1S/C12H19N3O.ClH/c1-9-7-10(2)15-12(14-9)16-8-11-5-3-4-6-13-11;/h7,11,13H,3-6,8H2,1-2H3;1H. The number of rotatable bonds is 3. The van der Waals surface area contributed by atoms with E-state index in [2.05, 4.69) is 15.3 Å². The monoisotopic (exact) mass is 257 g/mol. The van der Waals surface area contributed by atoms with Gasteiger partial charge in [0.25, 0.3) is 0 Å². The Labute approximate surface area is 109 Å². The maximum absolute atomic E-state index is 5.62. The predicted octanol–water partition coefficient (Wildman–Crippen LogP) is 2.04. The second-order valence-electron chi connectivity index (χ2n) is 4.39. The van der Waals surface area contributed by atoms with Gasteiger partial charge in [0, 0.05) is 17.4 Å². The Kier molecular flexibility index (Phi) is 5.65. The van der Waals surface area contributed by atoms with Gasteiger partial charge in [-0.15, -0.1) is 12.4 Å². The van der Waals surface area contributed by atoms with E-state index in [4.69, 9.17) is 4.74 Å². The minimum Gasteiger partial charge on any atom is -0.462 e. The molecule has 2 rings (SSSR count). The van der Waals surface area contributed by atoms with Crippen molar-refractivity contribution in [1.29, 1.82) is 0 Å². The van der Waals surface area contributed by atoms with E-state index in [0.717, 1.165) is 17.9 Å². The van der Waals surface area contributed by atoms with Crippen molar-refractivity contribution in [3.05, 3.63) is 17.5 Å². The van der Waals surface area contributed by atoms with Crippen LogP contribution >= 0.6 is 12.4 Å². The number of piperidine rings is 1. The van der Waals surface area contributed by atoms with Crippen molar-refractivity contribution in [3.63, 3.8) is 0 Å². The van der Waals surface area contributed by atoms with Crippen LogP contribution in [0.1, 0.15) is 30.7 Å². The summed E-state index contributed by atoms with van der Waals surface area (Å²) in [5.74, 6) is 0. The molecular formula is C12H20ClN3O. The van der Waals surface area contributed by atoms with Gasteiger partial charge in [0.1, 0.15) is 6.61 Å². The molecule has 1 fully saturated rings. The highest BCUT2D eigenvalue weighted by Gasteiger charge is 2.13. The molecule has 0 aliphatic carbocycles. The van der Waals surface area contributed by atoms with Crippen LogP contribution in [-0.4, -0.2) is 29.2 Å². The summed E-state index contributed by atoms with van der Waals surface area (Å²) in [6.45, 7) is 5.69. The first-order chi connectivity index (χ1) is 7.74. The zero-order valence-electron chi connectivity index (χ0n) is 10.4. The quantitative estimate of drug-likeness (QED) is 0.900. The highest BCUT2D eigenvalue weighted by atomic mass is 35.5. The molecule has 0 bridgehead atoms. The van der Waals surface area contributed by atoms with E-state index in [1.807, 2.05) is 19.9 Å². The summed E-state index contributed by atoms with van der Waals surface area (Å²) < 4.78 is 5.62. The van der Waals surface area contributed by atoms with Crippen molar-refractivity contribution in [2.45, 2.75) is 39.2 Å². The lowest BCUT2D eigenvalue weighted by atomic mass is 10.1. The van der Waals surface area contributed by atoms with Gasteiger partial charge in [-0.3, -0.25) is 0 Å². The van der Waals surface area contributed by atoms with Gasteiger partial charge in [-0.25, -0.2) is 9.97 Å². The van der Waals surface area contributed by atoms with E-state index in [1.165, 1.54) is 19.3 Å². The number of aromatic nitrogens is 2. The Balaban J connectivity index is 0.00000144. The molecule has 96 valence electrons. The molecule has 5 heteroatoms. The number of nitrogens with zero attached hydrogens (tertiary/aromatic N) is 2. The number of halogens is 1. The van der Waals surface area contributed by atoms with Crippen LogP contribution in [0.5, 0.6) is 6.01 Å². The predicted molar refractivity (Wildman–Crippen MR) is 69.9 cm³/mol. The lowest BCUT2D eigenvalue weighted by Gasteiger charge is -2.22. The molecule has 0 spiro atoms. The van der Waals surface area contributed by atoms with Gasteiger partial charge in [0.05, 0.1) is 0 Å². The molecule has 1 unspecified atom stereocenters. The normalized spacial score (nSPS) is 19.5. The minimum atomic E-state index is 0. The number of hydrogen-bond donors (Lipinski definition) is 1. The fourth-order valence-corrected chi connectivity index (χ4v) is 2.00. The molecule has 2 heterocycles.